The number of morpholine rings is 1. The molecular formula is C18H30N4O3S. The molecule has 1 unspecified atom stereocenters. The quantitative estimate of drug-likeness (QED) is 0.422. The van der Waals surface area contributed by atoms with Crippen molar-refractivity contribution in [2.24, 2.45) is 4.99 Å². The maximum atomic E-state index is 11.1. The van der Waals surface area contributed by atoms with Gasteiger partial charge in [-0.1, -0.05) is 24.3 Å². The van der Waals surface area contributed by atoms with Gasteiger partial charge in [0, 0.05) is 26.2 Å². The number of nitrogens with one attached hydrogen (secondary N) is 2. The fourth-order valence-corrected chi connectivity index (χ4v) is 3.44. The molecule has 26 heavy (non-hydrogen) atoms. The Morgan fingerprint density at radius 1 is 1.38 bits per heavy atom. The number of hydrogen-bond donors (Lipinski definition) is 2. The van der Waals surface area contributed by atoms with E-state index in [4.69, 9.17) is 4.74 Å². The van der Waals surface area contributed by atoms with E-state index in [2.05, 4.69) is 39.0 Å². The fraction of sp³-hybridized carbons (Fsp3) is 0.611. The molecule has 1 aromatic carbocycles. The third-order valence-corrected chi connectivity index (χ3v) is 4.93. The second kappa shape index (κ2) is 9.89. The molecule has 146 valence electrons. The van der Waals surface area contributed by atoms with Crippen molar-refractivity contribution in [1.82, 2.24) is 14.9 Å². The zero-order chi connectivity index (χ0) is 19.0. The zero-order valence-corrected chi connectivity index (χ0v) is 16.7. The molecule has 1 atom stereocenters. The molecule has 1 fully saturated rings. The van der Waals surface area contributed by atoms with Crippen molar-refractivity contribution < 1.29 is 13.2 Å². The summed E-state index contributed by atoms with van der Waals surface area (Å²) in [6.07, 6.45) is 1.86. The molecule has 0 aromatic heterocycles. The molecule has 8 heteroatoms. The van der Waals surface area contributed by atoms with Crippen molar-refractivity contribution >= 4 is 16.0 Å². The Bertz CT molecular complexity index is 706. The summed E-state index contributed by atoms with van der Waals surface area (Å²) in [5.74, 6) is 0.855. The number of nitrogens with zero attached hydrogens (tertiary/aromatic N) is 2. The molecule has 1 saturated heterocycles. The topological polar surface area (TPSA) is 83.0 Å². The predicted octanol–water partition coefficient (Wildman–Crippen LogP) is 1.27. The highest BCUT2D eigenvalue weighted by molar-refractivity contribution is 7.88. The third-order valence-electron chi connectivity index (χ3n) is 4.20. The second-order valence-corrected chi connectivity index (χ2v) is 8.25. The Hall–Kier alpha value is -1.64. The summed E-state index contributed by atoms with van der Waals surface area (Å²) in [7, 11) is -3.14. The van der Waals surface area contributed by atoms with E-state index in [1.165, 1.54) is 17.4 Å². The average Bonchev–Trinajstić information content (AvgIpc) is 2.60. The van der Waals surface area contributed by atoms with Crippen molar-refractivity contribution in [1.29, 1.82) is 0 Å². The highest BCUT2D eigenvalue weighted by Crippen LogP contribution is 2.24. The van der Waals surface area contributed by atoms with Crippen LogP contribution in [0.4, 0.5) is 0 Å². The van der Waals surface area contributed by atoms with E-state index >= 15 is 0 Å². The Kier molecular flexibility index (Phi) is 7.86. The van der Waals surface area contributed by atoms with E-state index in [9.17, 15) is 8.42 Å². The van der Waals surface area contributed by atoms with Crippen LogP contribution < -0.4 is 10.0 Å². The Morgan fingerprint density at radius 2 is 2.15 bits per heavy atom. The van der Waals surface area contributed by atoms with Gasteiger partial charge in [0.25, 0.3) is 0 Å². The van der Waals surface area contributed by atoms with Crippen molar-refractivity contribution in [3.05, 3.63) is 35.4 Å². The molecule has 2 rings (SSSR count). The average molecular weight is 383 g/mol. The highest BCUT2D eigenvalue weighted by Gasteiger charge is 2.25. The fourth-order valence-electron chi connectivity index (χ4n) is 2.93. The first-order valence-electron chi connectivity index (χ1n) is 9.05. The lowest BCUT2D eigenvalue weighted by Gasteiger charge is -2.35. The lowest BCUT2D eigenvalue weighted by molar-refractivity contribution is -0.00832. The van der Waals surface area contributed by atoms with E-state index in [-0.39, 0.29) is 6.10 Å². The van der Waals surface area contributed by atoms with Crippen LogP contribution >= 0.6 is 0 Å². The maximum Gasteiger partial charge on any atom is 0.208 e. The first kappa shape index (κ1) is 20.7. The second-order valence-electron chi connectivity index (χ2n) is 6.42. The van der Waals surface area contributed by atoms with Gasteiger partial charge in [-0.05, 0) is 31.4 Å². The molecule has 0 saturated carbocycles. The van der Waals surface area contributed by atoms with Crippen LogP contribution in [0.3, 0.4) is 0 Å². The molecule has 0 bridgehead atoms. The first-order chi connectivity index (χ1) is 12.4. The number of hydrogen-bond acceptors (Lipinski definition) is 4. The van der Waals surface area contributed by atoms with E-state index in [0.29, 0.717) is 26.1 Å². The number of guanidine groups is 1. The van der Waals surface area contributed by atoms with Gasteiger partial charge in [0.2, 0.25) is 10.0 Å². The van der Waals surface area contributed by atoms with Crippen LogP contribution in [-0.2, 0) is 14.8 Å². The molecule has 0 aliphatic carbocycles. The summed E-state index contributed by atoms with van der Waals surface area (Å²) >= 11 is 0. The standard InChI is InChI=1S/C18H30N4O3S/c1-4-19-18(20-10-7-11-21-26(3,23)24)22-12-13-25-17(14-22)16-9-6-5-8-15(16)2/h5-6,8-9,17,21H,4,7,10-14H2,1-3H3,(H,19,20). The van der Waals surface area contributed by atoms with Crippen molar-refractivity contribution in [2.75, 3.05) is 45.6 Å². The minimum absolute atomic E-state index is 0.0284. The van der Waals surface area contributed by atoms with Gasteiger partial charge in [-0.15, -0.1) is 0 Å². The van der Waals surface area contributed by atoms with Crippen LogP contribution in [0, 0.1) is 6.92 Å². The molecule has 0 spiro atoms. The Labute approximate surface area is 156 Å². The van der Waals surface area contributed by atoms with Gasteiger partial charge >= 0.3 is 0 Å². The number of sulfonamides is 1. The van der Waals surface area contributed by atoms with Crippen LogP contribution in [-0.4, -0.2) is 64.9 Å². The minimum Gasteiger partial charge on any atom is -0.370 e. The molecule has 0 radical (unpaired) electrons. The molecule has 1 heterocycles. The van der Waals surface area contributed by atoms with Gasteiger partial charge in [0.1, 0.15) is 6.10 Å². The number of aryl methyl sites for hydroxylation is 1. The molecule has 1 aliphatic rings. The van der Waals surface area contributed by atoms with Crippen molar-refractivity contribution in [3.63, 3.8) is 0 Å². The van der Waals surface area contributed by atoms with Gasteiger partial charge in [-0.25, -0.2) is 13.1 Å². The summed E-state index contributed by atoms with van der Waals surface area (Å²) in [5.41, 5.74) is 2.44. The SMILES string of the molecule is CCNC(=NCCCNS(C)(=O)=O)N1CCOC(c2ccccc2C)C1. The van der Waals surface area contributed by atoms with Crippen molar-refractivity contribution in [3.8, 4) is 0 Å². The monoisotopic (exact) mass is 382 g/mol. The van der Waals surface area contributed by atoms with E-state index in [0.717, 1.165) is 25.6 Å². The zero-order valence-electron chi connectivity index (χ0n) is 15.9. The van der Waals surface area contributed by atoms with Gasteiger partial charge in [-0.3, -0.25) is 4.99 Å². The van der Waals surface area contributed by atoms with E-state index in [1.54, 1.807) is 0 Å². The van der Waals surface area contributed by atoms with E-state index in [1.807, 2.05) is 19.1 Å². The van der Waals surface area contributed by atoms with Crippen molar-refractivity contribution in [2.45, 2.75) is 26.4 Å². The van der Waals surface area contributed by atoms with Gasteiger partial charge < -0.3 is 15.0 Å². The first-order valence-corrected chi connectivity index (χ1v) is 10.9. The summed E-state index contributed by atoms with van der Waals surface area (Å²) in [5, 5.41) is 3.33. The number of ether oxygens (including phenoxy) is 1. The largest absolute Gasteiger partial charge is 0.370 e. The van der Waals surface area contributed by atoms with E-state index < -0.39 is 10.0 Å². The van der Waals surface area contributed by atoms with Crippen LogP contribution in [0.5, 0.6) is 0 Å². The lowest BCUT2D eigenvalue weighted by Crippen LogP contribution is -2.48. The number of benzene rings is 1. The molecule has 0 amide bonds. The van der Waals surface area contributed by atoms with Gasteiger partial charge in [-0.2, -0.15) is 0 Å². The molecule has 1 aliphatic heterocycles. The molecule has 1 aromatic rings. The Morgan fingerprint density at radius 3 is 2.85 bits per heavy atom. The normalized spacial score (nSPS) is 18.8. The smallest absolute Gasteiger partial charge is 0.208 e. The lowest BCUT2D eigenvalue weighted by atomic mass is 10.0. The van der Waals surface area contributed by atoms with Crippen LogP contribution in [0.1, 0.15) is 30.6 Å². The third kappa shape index (κ3) is 6.59. The van der Waals surface area contributed by atoms with Crippen LogP contribution in [0.25, 0.3) is 0 Å². The van der Waals surface area contributed by atoms with Crippen LogP contribution in [0.15, 0.2) is 29.3 Å². The summed E-state index contributed by atoms with van der Waals surface area (Å²) in [6.45, 7) is 8.08. The summed E-state index contributed by atoms with van der Waals surface area (Å²) in [4.78, 5) is 6.86. The molecule has 7 nitrogen and oxygen atoms in total. The predicted molar refractivity (Wildman–Crippen MR) is 105 cm³/mol. The minimum atomic E-state index is -3.14. The van der Waals surface area contributed by atoms with Gasteiger partial charge in [0.15, 0.2) is 5.96 Å². The Balaban J connectivity index is 1.97. The van der Waals surface area contributed by atoms with Crippen LogP contribution in [0.2, 0.25) is 0 Å². The number of rotatable bonds is 7. The molecule has 2 N–H and O–H groups in total. The maximum absolute atomic E-state index is 11.1. The summed E-state index contributed by atoms with van der Waals surface area (Å²) in [6, 6.07) is 8.30. The number of aliphatic imine (C=N–C) groups is 1. The highest BCUT2D eigenvalue weighted by atomic mass is 32.2. The summed E-state index contributed by atoms with van der Waals surface area (Å²) < 4.78 is 30.7. The van der Waals surface area contributed by atoms with Gasteiger partial charge in [0.05, 0.1) is 19.4 Å². The molecular weight excluding hydrogens is 352 g/mol.